The van der Waals surface area contributed by atoms with Gasteiger partial charge >= 0.3 is 0 Å². The summed E-state index contributed by atoms with van der Waals surface area (Å²) in [5.74, 6) is -2.30. The van der Waals surface area contributed by atoms with Crippen LogP contribution in [0.15, 0.2) is 104 Å². The van der Waals surface area contributed by atoms with E-state index in [-0.39, 0.29) is 56.5 Å². The Labute approximate surface area is 323 Å². The Bertz CT molecular complexity index is 2870. The minimum atomic E-state index is -5.15. The van der Waals surface area contributed by atoms with Crippen LogP contribution >= 0.6 is 0 Å². The molecule has 0 unspecified atom stereocenters. The summed E-state index contributed by atoms with van der Waals surface area (Å²) in [5, 5.41) is 10.7. The molecule has 0 spiro atoms. The Morgan fingerprint density at radius 3 is 1.79 bits per heavy atom. The van der Waals surface area contributed by atoms with Crippen molar-refractivity contribution in [2.24, 2.45) is 10.2 Å². The van der Waals surface area contributed by atoms with Crippen LogP contribution in [0.2, 0.25) is 0 Å². The standard InChI is InChI=1S/C35H27N5O14S3/c1-53-29-17-27(30(54-2)16-26(29)37-39-32-23-14-21(56(47,48)49)12-6-18(23)9-13-28(32)41)38-40-33-31(57(50,51)52)15-24-22(34(33)42)4-3-5-25(24)36-35(43)19-7-10-20(11-8-19)55(44,45)46/h3-17,37-38H,1-2H3,(H,36,43)(H,44,45,46)(H,47,48,49)(H,50,51,52). The second-order valence-corrected chi connectivity index (χ2v) is 16.1. The van der Waals surface area contributed by atoms with Crippen LogP contribution in [0.3, 0.4) is 0 Å². The number of rotatable bonds is 11. The summed E-state index contributed by atoms with van der Waals surface area (Å²) < 4.78 is 111. The fourth-order valence-electron chi connectivity index (χ4n) is 5.59. The molecule has 0 atom stereocenters. The molecule has 0 fully saturated rings. The molecule has 0 radical (unpaired) electrons. The third-order valence-electron chi connectivity index (χ3n) is 8.34. The Balaban J connectivity index is 1.31. The highest BCUT2D eigenvalue weighted by atomic mass is 32.2. The van der Waals surface area contributed by atoms with Gasteiger partial charge in [-0.1, -0.05) is 24.3 Å². The fraction of sp³-hybridized carbons (Fsp3) is 0.0571. The highest BCUT2D eigenvalue weighted by Crippen LogP contribution is 2.38. The van der Waals surface area contributed by atoms with Crippen molar-refractivity contribution in [2.45, 2.75) is 9.79 Å². The van der Waals surface area contributed by atoms with Gasteiger partial charge in [0, 0.05) is 40.1 Å². The number of hydrazone groups is 2. The van der Waals surface area contributed by atoms with Crippen LogP contribution < -0.4 is 25.6 Å². The number of ketones is 2. The van der Waals surface area contributed by atoms with Gasteiger partial charge in [-0.2, -0.15) is 35.5 Å². The average molecular weight is 838 g/mol. The van der Waals surface area contributed by atoms with Crippen molar-refractivity contribution in [2.75, 3.05) is 30.4 Å². The van der Waals surface area contributed by atoms with Crippen molar-refractivity contribution in [1.82, 2.24) is 0 Å². The molecule has 6 N–H and O–H groups in total. The van der Waals surface area contributed by atoms with E-state index in [4.69, 9.17) is 9.47 Å². The van der Waals surface area contributed by atoms with Crippen molar-refractivity contribution in [3.8, 4) is 11.5 Å². The zero-order valence-electron chi connectivity index (χ0n) is 29.1. The zero-order valence-corrected chi connectivity index (χ0v) is 31.6. The number of ether oxygens (including phenoxy) is 2. The van der Waals surface area contributed by atoms with Crippen LogP contribution in [0.25, 0.3) is 12.2 Å². The van der Waals surface area contributed by atoms with E-state index < -0.39 is 68.2 Å². The molecule has 294 valence electrons. The van der Waals surface area contributed by atoms with Crippen LogP contribution in [0.5, 0.6) is 11.5 Å². The van der Waals surface area contributed by atoms with E-state index in [1.807, 2.05) is 0 Å². The first-order valence-corrected chi connectivity index (χ1v) is 20.2. The van der Waals surface area contributed by atoms with Gasteiger partial charge in [0.05, 0.1) is 24.0 Å². The Morgan fingerprint density at radius 2 is 1.23 bits per heavy atom. The van der Waals surface area contributed by atoms with Crippen molar-refractivity contribution >= 4 is 88.5 Å². The SMILES string of the molecule is COc1cc(NN=C2C(=O)C=Cc3ccc(S(=O)(=O)O)cc32)c(OC)cc1NN=C1C(=O)c2cccc(NC(=O)c3ccc(S(=O)(=O)O)cc3)c2C=C1S(=O)(=O)O. The third-order valence-corrected chi connectivity index (χ3v) is 10.9. The molecule has 2 aliphatic rings. The molecular weight excluding hydrogens is 811 g/mol. The first-order chi connectivity index (χ1) is 26.8. The summed E-state index contributed by atoms with van der Waals surface area (Å²) in [6.45, 7) is 0. The number of carbonyl (C=O) groups excluding carboxylic acids is 3. The van der Waals surface area contributed by atoms with Crippen molar-refractivity contribution in [1.29, 1.82) is 0 Å². The van der Waals surface area contributed by atoms with Crippen LogP contribution in [-0.2, 0) is 35.1 Å². The molecule has 19 nitrogen and oxygen atoms in total. The summed E-state index contributed by atoms with van der Waals surface area (Å²) in [6, 6.07) is 14.6. The lowest BCUT2D eigenvalue weighted by Crippen LogP contribution is -2.28. The fourth-order valence-corrected chi connectivity index (χ4v) is 7.22. The zero-order chi connectivity index (χ0) is 41.4. The summed E-state index contributed by atoms with van der Waals surface area (Å²) in [7, 11) is -11.7. The maximum absolute atomic E-state index is 13.8. The first-order valence-electron chi connectivity index (χ1n) is 15.8. The molecule has 0 heterocycles. The van der Waals surface area contributed by atoms with Crippen molar-refractivity contribution < 1.29 is 62.8 Å². The second-order valence-electron chi connectivity index (χ2n) is 11.9. The molecule has 4 aromatic rings. The Kier molecular flexibility index (Phi) is 10.7. The molecule has 0 bridgehead atoms. The van der Waals surface area contributed by atoms with Crippen LogP contribution in [-0.4, -0.2) is 82.0 Å². The normalized spacial score (nSPS) is 15.4. The molecule has 6 rings (SSSR count). The minimum Gasteiger partial charge on any atom is -0.494 e. The van der Waals surface area contributed by atoms with E-state index >= 15 is 0 Å². The lowest BCUT2D eigenvalue weighted by Gasteiger charge is -2.20. The van der Waals surface area contributed by atoms with Crippen LogP contribution in [0.4, 0.5) is 17.1 Å². The highest BCUT2D eigenvalue weighted by Gasteiger charge is 2.34. The maximum atomic E-state index is 13.8. The smallest absolute Gasteiger partial charge is 0.296 e. The summed E-state index contributed by atoms with van der Waals surface area (Å²) in [6.07, 6.45) is 3.59. The van der Waals surface area contributed by atoms with Gasteiger partial charge in [-0.15, -0.1) is 0 Å². The van der Waals surface area contributed by atoms with E-state index in [9.17, 15) is 53.3 Å². The van der Waals surface area contributed by atoms with Crippen molar-refractivity contribution in [3.05, 3.63) is 112 Å². The molecule has 0 saturated heterocycles. The van der Waals surface area contributed by atoms with E-state index in [1.54, 1.807) is 0 Å². The number of allylic oxidation sites excluding steroid dienone is 2. The highest BCUT2D eigenvalue weighted by molar-refractivity contribution is 7.91. The topological polar surface area (TPSA) is 294 Å². The molecule has 4 aromatic carbocycles. The van der Waals surface area contributed by atoms with Crippen LogP contribution in [0, 0.1) is 0 Å². The minimum absolute atomic E-state index is 0.00850. The monoisotopic (exact) mass is 837 g/mol. The predicted molar refractivity (Wildman–Crippen MR) is 206 cm³/mol. The Morgan fingerprint density at radius 1 is 0.649 bits per heavy atom. The van der Waals surface area contributed by atoms with Gasteiger partial charge in [0.15, 0.2) is 5.71 Å². The van der Waals surface area contributed by atoms with Gasteiger partial charge in [-0.3, -0.25) is 38.9 Å². The van der Waals surface area contributed by atoms with Gasteiger partial charge in [0.2, 0.25) is 11.6 Å². The van der Waals surface area contributed by atoms with Gasteiger partial charge in [0.1, 0.15) is 33.5 Å². The number of nitrogens with zero attached hydrogens (tertiary/aromatic N) is 2. The van der Waals surface area contributed by atoms with E-state index in [1.165, 1.54) is 62.8 Å². The number of fused-ring (bicyclic) bond motifs is 2. The summed E-state index contributed by atoms with van der Waals surface area (Å²) >= 11 is 0. The van der Waals surface area contributed by atoms with Gasteiger partial charge in [-0.05, 0) is 60.2 Å². The predicted octanol–water partition coefficient (Wildman–Crippen LogP) is 3.75. The second kappa shape index (κ2) is 15.2. The number of benzene rings is 4. The largest absolute Gasteiger partial charge is 0.494 e. The number of carbonyl (C=O) groups is 3. The molecule has 0 saturated carbocycles. The lowest BCUT2D eigenvalue weighted by atomic mass is 9.93. The van der Waals surface area contributed by atoms with Gasteiger partial charge in [-0.25, -0.2) is 0 Å². The van der Waals surface area contributed by atoms with E-state index in [2.05, 4.69) is 26.4 Å². The molecule has 2 aliphatic carbocycles. The molecule has 1 amide bonds. The van der Waals surface area contributed by atoms with E-state index in [0.29, 0.717) is 5.56 Å². The number of anilines is 3. The number of hydrogen-bond donors (Lipinski definition) is 6. The summed E-state index contributed by atoms with van der Waals surface area (Å²) in [4.78, 5) is 37.7. The number of methoxy groups -OCH3 is 2. The number of nitrogens with one attached hydrogen (secondary N) is 3. The molecular formula is C35H27N5O14S3. The third kappa shape index (κ3) is 8.35. The maximum Gasteiger partial charge on any atom is 0.296 e. The average Bonchev–Trinajstić information content (AvgIpc) is 3.15. The van der Waals surface area contributed by atoms with E-state index in [0.717, 1.165) is 42.5 Å². The Hall–Kier alpha value is -6.56. The molecule has 0 aliphatic heterocycles. The molecule has 22 heteroatoms. The lowest BCUT2D eigenvalue weighted by molar-refractivity contribution is -0.108. The molecule has 0 aromatic heterocycles. The number of hydrogen-bond acceptors (Lipinski definition) is 15. The quantitative estimate of drug-likeness (QED) is 0.0926. The number of amides is 1. The first kappa shape index (κ1) is 40.1. The molecule has 57 heavy (non-hydrogen) atoms. The van der Waals surface area contributed by atoms with Crippen LogP contribution in [0.1, 0.15) is 37.4 Å². The van der Waals surface area contributed by atoms with Crippen molar-refractivity contribution in [3.63, 3.8) is 0 Å². The van der Waals surface area contributed by atoms with Gasteiger partial charge in [0.25, 0.3) is 36.3 Å². The number of Topliss-reactive ketones (excluding diaryl/α,β-unsaturated/α-hetero) is 1. The summed E-state index contributed by atoms with van der Waals surface area (Å²) in [5.41, 5.74) is 4.59. The van der Waals surface area contributed by atoms with Gasteiger partial charge < -0.3 is 14.8 Å².